The maximum atomic E-state index is 12.6. The van der Waals surface area contributed by atoms with Crippen molar-refractivity contribution in [2.45, 2.75) is 64.2 Å². The fourth-order valence-corrected chi connectivity index (χ4v) is 4.69. The molecule has 0 bridgehead atoms. The summed E-state index contributed by atoms with van der Waals surface area (Å²) in [6.45, 7) is 0.939. The molecule has 1 aliphatic rings. The number of hydrogen-bond donors (Lipinski definition) is 2. The molecule has 2 amide bonds. The monoisotopic (exact) mass is 476 g/mol. The molecule has 0 atom stereocenters. The molecule has 6 nitrogen and oxygen atoms in total. The van der Waals surface area contributed by atoms with E-state index in [1.165, 1.54) is 16.7 Å². The molecule has 0 saturated carbocycles. The summed E-state index contributed by atoms with van der Waals surface area (Å²) in [4.78, 5) is 37.2. The molecule has 0 aromatic heterocycles. The Morgan fingerprint density at radius 2 is 1.59 bits per heavy atom. The fourth-order valence-electron chi connectivity index (χ4n) is 3.38. The largest absolute Gasteiger partial charge is 0.481 e. The zero-order valence-corrected chi connectivity index (χ0v) is 20.0. The Bertz CT molecular complexity index is 811. The first kappa shape index (κ1) is 26.1. The molecule has 1 fully saturated rings. The average molecular weight is 477 g/mol. The maximum Gasteiger partial charge on any atom is 0.303 e. The molecule has 1 aromatic rings. The van der Waals surface area contributed by atoms with E-state index in [2.05, 4.69) is 5.32 Å². The number of carbonyl (C=O) groups is 3. The lowest BCUT2D eigenvalue weighted by molar-refractivity contribution is -0.137. The molecule has 1 heterocycles. The first-order valence-corrected chi connectivity index (χ1v) is 12.5. The highest BCUT2D eigenvalue weighted by atomic mass is 32.2. The van der Waals surface area contributed by atoms with Crippen LogP contribution in [0.15, 0.2) is 35.2 Å². The van der Waals surface area contributed by atoms with Gasteiger partial charge in [-0.05, 0) is 24.5 Å². The van der Waals surface area contributed by atoms with Crippen molar-refractivity contribution >= 4 is 52.2 Å². The van der Waals surface area contributed by atoms with E-state index in [9.17, 15) is 14.4 Å². The maximum absolute atomic E-state index is 12.6. The van der Waals surface area contributed by atoms with Gasteiger partial charge in [-0.1, -0.05) is 92.8 Å². The molecule has 8 heteroatoms. The standard InChI is InChI=1S/C24H32N2O4S2/c27-21(25-16-11-6-4-2-1-3-5-10-14-22(28)29)15-17-26-23(30)20(32-24(26)31)18-19-12-8-7-9-13-19/h7-9,12-13,18H,1-6,10-11,14-17H2,(H,25,27)(H,28,29). The number of nitrogens with zero attached hydrogens (tertiary/aromatic N) is 1. The number of rotatable bonds is 15. The van der Waals surface area contributed by atoms with Crippen LogP contribution in [0.5, 0.6) is 0 Å². The van der Waals surface area contributed by atoms with Gasteiger partial charge in [-0.2, -0.15) is 0 Å². The third kappa shape index (κ3) is 9.96. The fraction of sp³-hybridized carbons (Fsp3) is 0.500. The second kappa shape index (κ2) is 14.8. The van der Waals surface area contributed by atoms with E-state index >= 15 is 0 Å². The molecule has 1 aliphatic heterocycles. The molecule has 2 N–H and O–H groups in total. The van der Waals surface area contributed by atoms with Crippen LogP contribution in [0.25, 0.3) is 6.08 Å². The lowest BCUT2D eigenvalue weighted by atomic mass is 10.1. The number of unbranched alkanes of at least 4 members (excludes halogenated alkanes) is 7. The van der Waals surface area contributed by atoms with E-state index in [0.717, 1.165) is 56.9 Å². The number of benzene rings is 1. The number of thioether (sulfide) groups is 1. The van der Waals surface area contributed by atoms with E-state index in [-0.39, 0.29) is 24.7 Å². The van der Waals surface area contributed by atoms with Crippen molar-refractivity contribution < 1.29 is 19.5 Å². The molecule has 0 unspecified atom stereocenters. The molecule has 1 aromatic carbocycles. The van der Waals surface area contributed by atoms with Crippen molar-refractivity contribution in [2.24, 2.45) is 0 Å². The zero-order chi connectivity index (χ0) is 23.2. The van der Waals surface area contributed by atoms with E-state index in [1.54, 1.807) is 0 Å². The van der Waals surface area contributed by atoms with Gasteiger partial charge in [0.1, 0.15) is 4.32 Å². The lowest BCUT2D eigenvalue weighted by Gasteiger charge is -2.14. The Balaban J connectivity index is 1.54. The third-order valence-electron chi connectivity index (χ3n) is 5.17. The first-order chi connectivity index (χ1) is 15.5. The molecule has 2 rings (SSSR count). The molecule has 1 saturated heterocycles. The van der Waals surface area contributed by atoms with Gasteiger partial charge < -0.3 is 10.4 Å². The van der Waals surface area contributed by atoms with Crippen LogP contribution < -0.4 is 5.32 Å². The van der Waals surface area contributed by atoms with Gasteiger partial charge in [-0.3, -0.25) is 19.3 Å². The molecule has 174 valence electrons. The summed E-state index contributed by atoms with van der Waals surface area (Å²) >= 11 is 6.60. The van der Waals surface area contributed by atoms with Gasteiger partial charge in [-0.25, -0.2) is 0 Å². The van der Waals surface area contributed by atoms with Gasteiger partial charge in [0.15, 0.2) is 0 Å². The minimum absolute atomic E-state index is 0.0653. The summed E-state index contributed by atoms with van der Waals surface area (Å²) in [6.07, 6.45) is 10.6. The second-order valence-corrected chi connectivity index (χ2v) is 9.49. The van der Waals surface area contributed by atoms with Crippen molar-refractivity contribution in [1.82, 2.24) is 10.2 Å². The number of nitrogens with one attached hydrogen (secondary N) is 1. The summed E-state index contributed by atoms with van der Waals surface area (Å²) in [6, 6.07) is 9.63. The van der Waals surface area contributed by atoms with Crippen LogP contribution in [-0.2, 0) is 14.4 Å². The Labute approximate surface area is 199 Å². The number of carboxylic acid groups (broad SMARTS) is 1. The quantitative estimate of drug-likeness (QED) is 0.211. The predicted molar refractivity (Wildman–Crippen MR) is 133 cm³/mol. The van der Waals surface area contributed by atoms with Crippen LogP contribution in [-0.4, -0.2) is 45.2 Å². The number of hydrogen-bond acceptors (Lipinski definition) is 5. The second-order valence-electron chi connectivity index (χ2n) is 7.82. The van der Waals surface area contributed by atoms with Gasteiger partial charge in [0.05, 0.1) is 4.91 Å². The molecular formula is C24H32N2O4S2. The lowest BCUT2D eigenvalue weighted by Crippen LogP contribution is -2.33. The molecule has 0 radical (unpaired) electrons. The van der Waals surface area contributed by atoms with E-state index in [4.69, 9.17) is 17.3 Å². The van der Waals surface area contributed by atoms with E-state index in [1.807, 2.05) is 36.4 Å². The summed E-state index contributed by atoms with van der Waals surface area (Å²) in [5.74, 6) is -0.922. The summed E-state index contributed by atoms with van der Waals surface area (Å²) in [5, 5.41) is 11.5. The number of aliphatic carboxylic acids is 1. The summed E-state index contributed by atoms with van der Waals surface area (Å²) in [5.41, 5.74) is 0.948. The van der Waals surface area contributed by atoms with Crippen molar-refractivity contribution in [3.05, 3.63) is 40.8 Å². The predicted octanol–water partition coefficient (Wildman–Crippen LogP) is 4.99. The molecule has 32 heavy (non-hydrogen) atoms. The minimum Gasteiger partial charge on any atom is -0.481 e. The van der Waals surface area contributed by atoms with Crippen LogP contribution in [0, 0.1) is 0 Å². The number of carbonyl (C=O) groups excluding carboxylic acids is 2. The Kier molecular flexibility index (Phi) is 12.0. The Morgan fingerprint density at radius 1 is 0.969 bits per heavy atom. The number of amides is 2. The highest BCUT2D eigenvalue weighted by Crippen LogP contribution is 2.32. The normalized spacial score (nSPS) is 14.9. The highest BCUT2D eigenvalue weighted by Gasteiger charge is 2.31. The van der Waals surface area contributed by atoms with Crippen LogP contribution in [0.4, 0.5) is 0 Å². The van der Waals surface area contributed by atoms with Gasteiger partial charge in [0.25, 0.3) is 5.91 Å². The minimum atomic E-state index is -0.717. The average Bonchev–Trinajstić information content (AvgIpc) is 3.03. The van der Waals surface area contributed by atoms with E-state index < -0.39 is 5.97 Å². The molecule has 0 aliphatic carbocycles. The van der Waals surface area contributed by atoms with Crippen molar-refractivity contribution in [2.75, 3.05) is 13.1 Å². The van der Waals surface area contributed by atoms with Crippen molar-refractivity contribution in [3.63, 3.8) is 0 Å². The molecular weight excluding hydrogens is 444 g/mol. The Hall–Kier alpha value is -2.19. The summed E-state index contributed by atoms with van der Waals surface area (Å²) in [7, 11) is 0. The van der Waals surface area contributed by atoms with Crippen LogP contribution in [0.3, 0.4) is 0 Å². The highest BCUT2D eigenvalue weighted by molar-refractivity contribution is 8.26. The van der Waals surface area contributed by atoms with Gasteiger partial charge in [-0.15, -0.1) is 0 Å². The van der Waals surface area contributed by atoms with Crippen LogP contribution in [0.1, 0.15) is 69.8 Å². The van der Waals surface area contributed by atoms with Gasteiger partial charge in [0.2, 0.25) is 5.91 Å². The van der Waals surface area contributed by atoms with Crippen LogP contribution in [0.2, 0.25) is 0 Å². The van der Waals surface area contributed by atoms with Crippen molar-refractivity contribution in [3.8, 4) is 0 Å². The number of thiocarbonyl (C=S) groups is 1. The topological polar surface area (TPSA) is 86.7 Å². The first-order valence-electron chi connectivity index (χ1n) is 11.3. The van der Waals surface area contributed by atoms with Crippen molar-refractivity contribution in [1.29, 1.82) is 0 Å². The van der Waals surface area contributed by atoms with E-state index in [0.29, 0.717) is 22.3 Å². The SMILES string of the molecule is O=C(O)CCCCCCCCCCNC(=O)CCN1C(=O)C(=Cc2ccccc2)SC1=S. The van der Waals surface area contributed by atoms with Crippen LogP contribution >= 0.6 is 24.0 Å². The zero-order valence-electron chi connectivity index (χ0n) is 18.4. The Morgan fingerprint density at radius 3 is 2.25 bits per heavy atom. The number of carboxylic acids is 1. The third-order valence-corrected chi connectivity index (χ3v) is 6.55. The van der Waals surface area contributed by atoms with Gasteiger partial charge >= 0.3 is 5.97 Å². The summed E-state index contributed by atoms with van der Waals surface area (Å²) < 4.78 is 0.493. The van der Waals surface area contributed by atoms with Gasteiger partial charge in [0, 0.05) is 25.9 Å². The smallest absolute Gasteiger partial charge is 0.303 e. The molecule has 0 spiro atoms.